The van der Waals surface area contributed by atoms with Gasteiger partial charge in [0.25, 0.3) is 0 Å². The Morgan fingerprint density at radius 2 is 1.75 bits per heavy atom. The number of esters is 1. The van der Waals surface area contributed by atoms with Crippen molar-refractivity contribution < 1.29 is 19.1 Å². The molecule has 0 unspecified atom stereocenters. The van der Waals surface area contributed by atoms with Crippen LogP contribution in [0.2, 0.25) is 0 Å². The predicted octanol–water partition coefficient (Wildman–Crippen LogP) is 5.05. The van der Waals surface area contributed by atoms with Crippen molar-refractivity contribution in [3.63, 3.8) is 0 Å². The van der Waals surface area contributed by atoms with Gasteiger partial charge in [0.15, 0.2) is 5.65 Å². The number of methoxy groups -OCH3 is 1. The molecule has 8 nitrogen and oxygen atoms in total. The van der Waals surface area contributed by atoms with Crippen molar-refractivity contribution >= 4 is 28.7 Å². The molecule has 4 aromatic rings. The molecule has 1 amide bonds. The lowest BCUT2D eigenvalue weighted by Gasteiger charge is -2.11. The number of fused-ring (bicyclic) bond motifs is 1. The van der Waals surface area contributed by atoms with E-state index in [0.717, 1.165) is 33.9 Å². The van der Waals surface area contributed by atoms with Crippen LogP contribution < -0.4 is 10.1 Å². The van der Waals surface area contributed by atoms with E-state index >= 15 is 0 Å². The summed E-state index contributed by atoms with van der Waals surface area (Å²) in [6.07, 6.45) is 0.0915. The predicted molar refractivity (Wildman–Crippen MR) is 139 cm³/mol. The van der Waals surface area contributed by atoms with Crippen LogP contribution in [0.25, 0.3) is 22.3 Å². The summed E-state index contributed by atoms with van der Waals surface area (Å²) in [6, 6.07) is 18.2. The average molecular weight is 487 g/mol. The van der Waals surface area contributed by atoms with Gasteiger partial charge >= 0.3 is 5.97 Å². The van der Waals surface area contributed by atoms with E-state index in [2.05, 4.69) is 45.2 Å². The number of carbonyl (C=O) groups is 2. The molecule has 2 aromatic carbocycles. The van der Waals surface area contributed by atoms with Crippen LogP contribution in [0.15, 0.2) is 54.6 Å². The monoisotopic (exact) mass is 486 g/mol. The molecule has 0 aliphatic rings. The highest BCUT2D eigenvalue weighted by Crippen LogP contribution is 2.26. The smallest absolute Gasteiger partial charge is 0.306 e. The molecule has 0 atom stereocenters. The summed E-state index contributed by atoms with van der Waals surface area (Å²) in [7, 11) is 1.67. The van der Waals surface area contributed by atoms with Crippen molar-refractivity contribution in [2.75, 3.05) is 19.0 Å². The quantitative estimate of drug-likeness (QED) is 0.333. The van der Waals surface area contributed by atoms with Crippen LogP contribution in [0.4, 0.5) is 5.69 Å². The Morgan fingerprint density at radius 3 is 2.47 bits per heavy atom. The number of anilines is 1. The van der Waals surface area contributed by atoms with E-state index in [9.17, 15) is 9.59 Å². The van der Waals surface area contributed by atoms with Gasteiger partial charge in [-0.25, -0.2) is 9.97 Å². The first-order chi connectivity index (χ1) is 17.4. The zero-order valence-corrected chi connectivity index (χ0v) is 21.0. The number of pyridine rings is 1. The molecule has 0 radical (unpaired) electrons. The Balaban J connectivity index is 1.50. The van der Waals surface area contributed by atoms with Crippen molar-refractivity contribution in [1.29, 1.82) is 0 Å². The van der Waals surface area contributed by atoms with Crippen molar-refractivity contribution in [1.82, 2.24) is 14.5 Å². The normalized spacial score (nSPS) is 10.9. The minimum atomic E-state index is -0.385. The van der Waals surface area contributed by atoms with Crippen molar-refractivity contribution in [2.45, 2.75) is 40.2 Å². The van der Waals surface area contributed by atoms with E-state index in [1.807, 2.05) is 38.1 Å². The van der Waals surface area contributed by atoms with E-state index in [-0.39, 0.29) is 24.7 Å². The second-order valence-electron chi connectivity index (χ2n) is 8.49. The first-order valence-electron chi connectivity index (χ1n) is 11.9. The number of amides is 1. The largest absolute Gasteiger partial charge is 0.497 e. The maximum atomic E-state index is 12.3. The number of aryl methyl sites for hydroxylation is 2. The summed E-state index contributed by atoms with van der Waals surface area (Å²) in [4.78, 5) is 33.2. The van der Waals surface area contributed by atoms with Gasteiger partial charge in [-0.3, -0.25) is 9.59 Å². The van der Waals surface area contributed by atoms with Crippen molar-refractivity contribution in [2.24, 2.45) is 0 Å². The molecule has 0 bridgehead atoms. The van der Waals surface area contributed by atoms with Gasteiger partial charge in [-0.1, -0.05) is 36.4 Å². The molecular formula is C28H30N4O4. The number of carbonyl (C=O) groups excluding carboxylic acids is 2. The number of aromatic nitrogens is 3. The lowest BCUT2D eigenvalue weighted by atomic mass is 10.0. The first-order valence-corrected chi connectivity index (χ1v) is 11.9. The second-order valence-corrected chi connectivity index (χ2v) is 8.49. The van der Waals surface area contributed by atoms with Gasteiger partial charge in [-0.2, -0.15) is 0 Å². The minimum absolute atomic E-state index is 0.0404. The molecule has 4 rings (SSSR count). The average Bonchev–Trinajstić information content (AvgIpc) is 3.17. The number of nitrogens with one attached hydrogen (secondary N) is 1. The van der Waals surface area contributed by atoms with Gasteiger partial charge in [-0.05, 0) is 55.7 Å². The molecule has 0 spiro atoms. The lowest BCUT2D eigenvalue weighted by molar-refractivity contribution is -0.144. The zero-order chi connectivity index (χ0) is 25.7. The number of hydrogen-bond donors (Lipinski definition) is 1. The fourth-order valence-electron chi connectivity index (χ4n) is 4.02. The highest BCUT2D eigenvalue weighted by atomic mass is 16.5. The highest BCUT2D eigenvalue weighted by molar-refractivity contribution is 5.94. The van der Waals surface area contributed by atoms with Gasteiger partial charge < -0.3 is 19.4 Å². The van der Waals surface area contributed by atoms with Crippen LogP contribution in [0.1, 0.15) is 36.8 Å². The van der Waals surface area contributed by atoms with Gasteiger partial charge in [0, 0.05) is 6.42 Å². The maximum absolute atomic E-state index is 12.3. The summed E-state index contributed by atoms with van der Waals surface area (Å²) in [5.74, 6) is 1.01. The van der Waals surface area contributed by atoms with Gasteiger partial charge in [0.05, 0.1) is 38.1 Å². The molecule has 0 aliphatic carbocycles. The van der Waals surface area contributed by atoms with Crippen LogP contribution in [0.3, 0.4) is 0 Å². The minimum Gasteiger partial charge on any atom is -0.497 e. The van der Waals surface area contributed by atoms with Crippen LogP contribution in [-0.4, -0.2) is 40.1 Å². The topological polar surface area (TPSA) is 95.3 Å². The van der Waals surface area contributed by atoms with Gasteiger partial charge in [-0.15, -0.1) is 0 Å². The molecule has 0 fully saturated rings. The van der Waals surface area contributed by atoms with E-state index in [4.69, 9.17) is 14.5 Å². The number of benzene rings is 2. The Hall–Kier alpha value is -4.20. The Bertz CT molecular complexity index is 1390. The number of ether oxygens (including phenoxy) is 2. The molecule has 2 aromatic heterocycles. The van der Waals surface area contributed by atoms with E-state index in [0.29, 0.717) is 30.0 Å². The van der Waals surface area contributed by atoms with E-state index < -0.39 is 0 Å². The van der Waals surface area contributed by atoms with Crippen molar-refractivity contribution in [3.8, 4) is 16.9 Å². The van der Waals surface area contributed by atoms with Crippen molar-refractivity contribution in [3.05, 3.63) is 71.7 Å². The Labute approximate surface area is 210 Å². The molecule has 8 heteroatoms. The lowest BCUT2D eigenvalue weighted by Crippen LogP contribution is -2.15. The van der Waals surface area contributed by atoms with Crippen LogP contribution in [0, 0.1) is 13.8 Å². The summed E-state index contributed by atoms with van der Waals surface area (Å²) in [5, 5.41) is 2.84. The summed E-state index contributed by atoms with van der Waals surface area (Å²) in [6.45, 7) is 6.45. The molecule has 0 saturated heterocycles. The second kappa shape index (κ2) is 11.0. The summed E-state index contributed by atoms with van der Waals surface area (Å²) in [5.41, 5.74) is 6.06. The maximum Gasteiger partial charge on any atom is 0.306 e. The summed E-state index contributed by atoms with van der Waals surface area (Å²) >= 11 is 0. The fraction of sp³-hybridized carbons (Fsp3) is 0.286. The van der Waals surface area contributed by atoms with Crippen LogP contribution in [-0.2, 0) is 20.9 Å². The third kappa shape index (κ3) is 5.71. The van der Waals surface area contributed by atoms with Crippen LogP contribution in [0.5, 0.6) is 5.75 Å². The SMILES string of the molecule is CCOC(=O)CCC(=O)Nc1cc2nc(C)n(Cc3ccc(-c4cccc(OC)c4)cc3)c2nc1C. The van der Waals surface area contributed by atoms with E-state index in [1.165, 1.54) is 0 Å². The molecule has 36 heavy (non-hydrogen) atoms. The third-order valence-corrected chi connectivity index (χ3v) is 5.94. The standard InChI is InChI=1S/C28H30N4O4/c1-5-36-27(34)14-13-26(33)31-24-16-25-28(29-18(24)2)32(19(3)30-25)17-20-9-11-21(12-10-20)22-7-6-8-23(15-22)35-4/h6-12,15-16H,5,13-14,17H2,1-4H3,(H,31,33). The number of rotatable bonds is 9. The van der Waals surface area contributed by atoms with Gasteiger partial charge in [0.1, 0.15) is 17.1 Å². The number of imidazole rings is 1. The molecule has 0 saturated carbocycles. The molecule has 1 N–H and O–H groups in total. The number of hydrogen-bond acceptors (Lipinski definition) is 6. The number of nitrogens with zero attached hydrogens (tertiary/aromatic N) is 3. The van der Waals surface area contributed by atoms with E-state index in [1.54, 1.807) is 14.0 Å². The Kier molecular flexibility index (Phi) is 7.63. The van der Waals surface area contributed by atoms with Crippen LogP contribution >= 0.6 is 0 Å². The zero-order valence-electron chi connectivity index (χ0n) is 21.0. The molecular weight excluding hydrogens is 456 g/mol. The fourth-order valence-corrected chi connectivity index (χ4v) is 4.02. The summed E-state index contributed by atoms with van der Waals surface area (Å²) < 4.78 is 12.3. The van der Waals surface area contributed by atoms with Gasteiger partial charge in [0.2, 0.25) is 5.91 Å². The third-order valence-electron chi connectivity index (χ3n) is 5.94. The molecule has 2 heterocycles. The Morgan fingerprint density at radius 1 is 0.972 bits per heavy atom. The molecule has 0 aliphatic heterocycles. The first kappa shape index (κ1) is 24.9. The highest BCUT2D eigenvalue weighted by Gasteiger charge is 2.15. The molecule has 186 valence electrons.